The van der Waals surface area contributed by atoms with Crippen molar-refractivity contribution in [1.29, 1.82) is 0 Å². The van der Waals surface area contributed by atoms with Crippen LogP contribution >= 0.6 is 0 Å². The molecule has 1 aliphatic heterocycles. The zero-order valence-electron chi connectivity index (χ0n) is 12.0. The molecule has 6 rings (SSSR count). The molecular weight excluding hydrogens is 264 g/mol. The van der Waals surface area contributed by atoms with E-state index in [9.17, 15) is 0 Å². The lowest BCUT2D eigenvalue weighted by molar-refractivity contribution is -0.362. The number of rotatable bonds is 1. The molecule has 1 heterocycles. The van der Waals surface area contributed by atoms with Crippen molar-refractivity contribution in [2.45, 2.75) is 44.2 Å². The van der Waals surface area contributed by atoms with Crippen LogP contribution in [0.15, 0.2) is 30.3 Å². The molecule has 21 heavy (non-hydrogen) atoms. The van der Waals surface area contributed by atoms with E-state index in [4.69, 9.17) is 14.5 Å². The number of fused-ring (bicyclic) bond motifs is 4. The Morgan fingerprint density at radius 3 is 2.24 bits per heavy atom. The van der Waals surface area contributed by atoms with Crippen LogP contribution in [0.25, 0.3) is 0 Å². The lowest BCUT2D eigenvalue weighted by atomic mass is 9.56. The summed E-state index contributed by atoms with van der Waals surface area (Å²) in [5.74, 6) is 2.53. The molecule has 4 aliphatic carbocycles. The summed E-state index contributed by atoms with van der Waals surface area (Å²) in [6, 6.07) is 10.2. The monoisotopic (exact) mass is 284 g/mol. The number of hydrogen-bond donors (Lipinski definition) is 0. The summed E-state index contributed by atoms with van der Waals surface area (Å²) in [4.78, 5) is 11.6. The van der Waals surface area contributed by atoms with Crippen LogP contribution < -0.4 is 0 Å². The molecule has 3 nitrogen and oxygen atoms in total. The van der Waals surface area contributed by atoms with Gasteiger partial charge >= 0.3 is 0 Å². The minimum Gasteiger partial charge on any atom is -0.310 e. The van der Waals surface area contributed by atoms with E-state index in [1.807, 2.05) is 18.2 Å². The van der Waals surface area contributed by atoms with Crippen molar-refractivity contribution in [2.75, 3.05) is 0 Å². The molecule has 0 amide bonds. The third-order valence-electron chi connectivity index (χ3n) is 7.35. The van der Waals surface area contributed by atoms with Crippen LogP contribution in [0.2, 0.25) is 0 Å². The summed E-state index contributed by atoms with van der Waals surface area (Å²) < 4.78 is 6.46. The first-order chi connectivity index (χ1) is 10.3. The zero-order chi connectivity index (χ0) is 13.7. The molecule has 0 N–H and O–H groups in total. The molecule has 1 aromatic carbocycles. The van der Waals surface area contributed by atoms with Crippen molar-refractivity contribution >= 4 is 0 Å². The van der Waals surface area contributed by atoms with Crippen LogP contribution in [0.5, 0.6) is 0 Å². The standard InChI is InChI=1S/C18H20O3/c1-2-4-11(5-3-1)16-19-18(21-20-16)14-7-12-6-13-8-15(18)10-17(12,13)9-14/h1-5,12-16H,6-10H2. The van der Waals surface area contributed by atoms with Gasteiger partial charge < -0.3 is 4.74 Å². The highest BCUT2D eigenvalue weighted by Gasteiger charge is 2.76. The van der Waals surface area contributed by atoms with Gasteiger partial charge in [-0.25, -0.2) is 0 Å². The minimum atomic E-state index is -0.450. The average molecular weight is 284 g/mol. The van der Waals surface area contributed by atoms with Crippen LogP contribution in [0.4, 0.5) is 0 Å². The summed E-state index contributed by atoms with van der Waals surface area (Å²) in [5, 5.41) is 0. The Kier molecular flexibility index (Phi) is 1.96. The van der Waals surface area contributed by atoms with Crippen LogP contribution in [0, 0.1) is 29.1 Å². The van der Waals surface area contributed by atoms with Gasteiger partial charge in [-0.05, 0) is 49.4 Å². The fraction of sp³-hybridized carbons (Fsp3) is 0.667. The molecule has 0 aromatic heterocycles. The summed E-state index contributed by atoms with van der Waals surface area (Å²) in [6.45, 7) is 0. The first-order valence-electron chi connectivity index (χ1n) is 8.37. The maximum absolute atomic E-state index is 6.46. The lowest BCUT2D eigenvalue weighted by Crippen LogP contribution is -2.47. The normalized spacial score (nSPS) is 55.9. The molecule has 3 bridgehead atoms. The van der Waals surface area contributed by atoms with Gasteiger partial charge in [-0.1, -0.05) is 30.3 Å². The van der Waals surface area contributed by atoms with Gasteiger partial charge in [-0.15, -0.1) is 0 Å². The first kappa shape index (κ1) is 11.6. The van der Waals surface area contributed by atoms with Crippen molar-refractivity contribution in [3.8, 4) is 0 Å². The molecule has 2 spiro atoms. The average Bonchev–Trinajstić information content (AvgIpc) is 3.13. The zero-order valence-corrected chi connectivity index (χ0v) is 12.0. The molecule has 1 aromatic rings. The van der Waals surface area contributed by atoms with Crippen LogP contribution in [-0.2, 0) is 14.5 Å². The maximum atomic E-state index is 6.46. The largest absolute Gasteiger partial charge is 0.310 e. The first-order valence-corrected chi connectivity index (χ1v) is 8.37. The molecule has 1 saturated heterocycles. The van der Waals surface area contributed by atoms with Gasteiger partial charge in [0.2, 0.25) is 12.1 Å². The third-order valence-corrected chi connectivity index (χ3v) is 7.35. The minimum absolute atomic E-state index is 0.351. The smallest absolute Gasteiger partial charge is 0.220 e. The second-order valence-electron chi connectivity index (χ2n) is 7.90. The van der Waals surface area contributed by atoms with E-state index < -0.39 is 5.79 Å². The highest BCUT2D eigenvalue weighted by molar-refractivity contribution is 5.22. The Labute approximate surface area is 124 Å². The van der Waals surface area contributed by atoms with Gasteiger partial charge in [0.15, 0.2) is 0 Å². The Morgan fingerprint density at radius 2 is 1.52 bits per heavy atom. The van der Waals surface area contributed by atoms with E-state index in [0.717, 1.165) is 17.4 Å². The Balaban J connectivity index is 1.36. The summed E-state index contributed by atoms with van der Waals surface area (Å²) in [6.07, 6.45) is 6.31. The summed E-state index contributed by atoms with van der Waals surface area (Å²) in [7, 11) is 0. The highest BCUT2D eigenvalue weighted by Crippen LogP contribution is 2.78. The fourth-order valence-electron chi connectivity index (χ4n) is 6.50. The fourth-order valence-corrected chi connectivity index (χ4v) is 6.50. The highest BCUT2D eigenvalue weighted by atomic mass is 17.3. The molecule has 0 radical (unpaired) electrons. The Morgan fingerprint density at radius 1 is 0.857 bits per heavy atom. The number of hydrogen-bond acceptors (Lipinski definition) is 3. The topological polar surface area (TPSA) is 27.7 Å². The molecule has 5 fully saturated rings. The second-order valence-corrected chi connectivity index (χ2v) is 7.90. The SMILES string of the molecule is c1ccc(C2OOC3(O2)C2CC4CC5CC3CC45C2)cc1. The Bertz CT molecular complexity index is 574. The van der Waals surface area contributed by atoms with Crippen molar-refractivity contribution in [2.24, 2.45) is 29.1 Å². The lowest BCUT2D eigenvalue weighted by Gasteiger charge is -2.49. The van der Waals surface area contributed by atoms with Gasteiger partial charge in [0.1, 0.15) is 0 Å². The third kappa shape index (κ3) is 1.20. The molecule has 5 atom stereocenters. The van der Waals surface area contributed by atoms with Gasteiger partial charge in [-0.2, -0.15) is 9.78 Å². The molecule has 3 heteroatoms. The van der Waals surface area contributed by atoms with Crippen molar-refractivity contribution in [3.63, 3.8) is 0 Å². The van der Waals surface area contributed by atoms with E-state index >= 15 is 0 Å². The van der Waals surface area contributed by atoms with Gasteiger partial charge in [-0.3, -0.25) is 0 Å². The van der Waals surface area contributed by atoms with E-state index in [-0.39, 0.29) is 6.29 Å². The van der Waals surface area contributed by atoms with E-state index in [2.05, 4.69) is 12.1 Å². The number of benzene rings is 1. The van der Waals surface area contributed by atoms with E-state index in [0.29, 0.717) is 17.3 Å². The quantitative estimate of drug-likeness (QED) is 0.734. The van der Waals surface area contributed by atoms with Crippen molar-refractivity contribution in [3.05, 3.63) is 35.9 Å². The van der Waals surface area contributed by atoms with E-state index in [1.54, 1.807) is 0 Å². The van der Waals surface area contributed by atoms with Gasteiger partial charge in [0, 0.05) is 17.4 Å². The predicted molar refractivity (Wildman–Crippen MR) is 74.6 cm³/mol. The van der Waals surface area contributed by atoms with Gasteiger partial charge in [0.25, 0.3) is 0 Å². The maximum Gasteiger partial charge on any atom is 0.220 e. The van der Waals surface area contributed by atoms with Crippen molar-refractivity contribution in [1.82, 2.24) is 0 Å². The molecule has 110 valence electrons. The predicted octanol–water partition coefficient (Wildman–Crippen LogP) is 3.82. The van der Waals surface area contributed by atoms with E-state index in [1.165, 1.54) is 32.1 Å². The molecule has 5 aliphatic rings. The van der Waals surface area contributed by atoms with Crippen molar-refractivity contribution < 1.29 is 14.5 Å². The summed E-state index contributed by atoms with van der Waals surface area (Å²) in [5.41, 5.74) is 1.74. The van der Waals surface area contributed by atoms with Crippen LogP contribution in [0.3, 0.4) is 0 Å². The molecule has 4 saturated carbocycles. The van der Waals surface area contributed by atoms with Crippen LogP contribution in [0.1, 0.15) is 44.0 Å². The summed E-state index contributed by atoms with van der Waals surface area (Å²) >= 11 is 0. The second kappa shape index (κ2) is 3.53. The molecular formula is C18H20O3. The molecule has 5 unspecified atom stereocenters. The van der Waals surface area contributed by atoms with Crippen LogP contribution in [-0.4, -0.2) is 5.79 Å². The Hall–Kier alpha value is -0.900. The number of ether oxygens (including phenoxy) is 1. The van der Waals surface area contributed by atoms with Gasteiger partial charge in [0.05, 0.1) is 0 Å².